The standard InChI is InChI=1S/C30H44N6O9S/c1-18(2)23-15-14-22(33-46(41,42)21-13-11-12-19(3)16-21)25(38)34(23)17-24(37)35(27(39)43-29(5,6)7)20(4)45-36(26(31)32)28(40)44-30(8,9)10/h11-16,18,20,33H,17H2,1-10H3,(H3,31,32). The second kappa shape index (κ2) is 14.3. The number of aromatic nitrogens is 1. The van der Waals surface area contributed by atoms with E-state index in [0.717, 1.165) is 4.57 Å². The fraction of sp³-hybridized carbons (Fsp3) is 0.500. The Balaban J connectivity index is 2.56. The summed E-state index contributed by atoms with van der Waals surface area (Å²) in [5.41, 5.74) is 3.32. The SMILES string of the molecule is Cc1cccc(S(=O)(=O)Nc2ccc(C(C)C)n(CC(=O)N(C(=O)OC(C)(C)C)C(C)ON(C(=N)N)C(=O)OC(C)(C)C)c2=O)c1. The van der Waals surface area contributed by atoms with E-state index in [4.69, 9.17) is 25.5 Å². The van der Waals surface area contributed by atoms with Crippen LogP contribution < -0.4 is 16.0 Å². The van der Waals surface area contributed by atoms with Crippen LogP contribution in [0.5, 0.6) is 0 Å². The van der Waals surface area contributed by atoms with Crippen molar-refractivity contribution in [2.24, 2.45) is 5.73 Å². The summed E-state index contributed by atoms with van der Waals surface area (Å²) < 4.78 is 40.1. The molecule has 1 aromatic heterocycles. The molecular formula is C30H44N6O9S. The number of ether oxygens (including phenoxy) is 2. The molecule has 0 aliphatic rings. The normalized spacial score (nSPS) is 12.7. The van der Waals surface area contributed by atoms with Gasteiger partial charge in [-0.3, -0.25) is 19.7 Å². The molecule has 4 N–H and O–H groups in total. The minimum absolute atomic E-state index is 0.0652. The third-order valence-corrected chi connectivity index (χ3v) is 7.26. The van der Waals surface area contributed by atoms with Crippen LogP contribution in [0.3, 0.4) is 0 Å². The summed E-state index contributed by atoms with van der Waals surface area (Å²) in [6, 6.07) is 8.89. The molecule has 0 aliphatic heterocycles. The average Bonchev–Trinajstić information content (AvgIpc) is 2.87. The molecule has 1 aromatic carbocycles. The minimum atomic E-state index is -4.18. The number of sulfonamides is 1. The third-order valence-electron chi connectivity index (χ3n) is 5.90. The lowest BCUT2D eigenvalue weighted by atomic mass is 10.1. The molecule has 2 aromatic rings. The van der Waals surface area contributed by atoms with Gasteiger partial charge in [0.2, 0.25) is 5.96 Å². The van der Waals surface area contributed by atoms with E-state index in [9.17, 15) is 27.6 Å². The molecule has 15 nitrogen and oxygen atoms in total. The molecule has 0 bridgehead atoms. The van der Waals surface area contributed by atoms with E-state index in [0.29, 0.717) is 16.2 Å². The number of hydrogen-bond acceptors (Lipinski definition) is 10. The van der Waals surface area contributed by atoms with Crippen LogP contribution >= 0.6 is 0 Å². The molecule has 0 fully saturated rings. The zero-order chi connectivity index (χ0) is 35.4. The Morgan fingerprint density at radius 3 is 2.04 bits per heavy atom. The van der Waals surface area contributed by atoms with E-state index in [-0.39, 0.29) is 21.6 Å². The van der Waals surface area contributed by atoms with Crippen LogP contribution in [0.2, 0.25) is 0 Å². The predicted molar refractivity (Wildman–Crippen MR) is 170 cm³/mol. The number of hydroxylamine groups is 2. The van der Waals surface area contributed by atoms with Gasteiger partial charge in [-0.15, -0.1) is 5.06 Å². The molecule has 46 heavy (non-hydrogen) atoms. The molecule has 254 valence electrons. The summed E-state index contributed by atoms with van der Waals surface area (Å²) in [7, 11) is -4.18. The number of amides is 3. The van der Waals surface area contributed by atoms with E-state index in [1.165, 1.54) is 31.2 Å². The second-order valence-electron chi connectivity index (χ2n) is 12.7. The fourth-order valence-electron chi connectivity index (χ4n) is 4.00. The molecule has 16 heteroatoms. The Hall–Kier alpha value is -4.44. The van der Waals surface area contributed by atoms with E-state index < -0.39 is 63.6 Å². The first kappa shape index (κ1) is 37.7. The Morgan fingerprint density at radius 2 is 1.54 bits per heavy atom. The molecule has 3 amide bonds. The topological polar surface area (TPSA) is 203 Å². The Morgan fingerprint density at radius 1 is 0.978 bits per heavy atom. The van der Waals surface area contributed by atoms with Gasteiger partial charge >= 0.3 is 12.2 Å². The number of rotatable bonds is 9. The number of benzene rings is 1. The highest BCUT2D eigenvalue weighted by molar-refractivity contribution is 7.92. The van der Waals surface area contributed by atoms with E-state index in [1.807, 2.05) is 0 Å². The number of carbonyl (C=O) groups is 3. The molecule has 2 rings (SSSR count). The maximum Gasteiger partial charge on any atom is 0.442 e. The van der Waals surface area contributed by atoms with Crippen LogP contribution in [0, 0.1) is 12.3 Å². The van der Waals surface area contributed by atoms with Gasteiger partial charge in [0.15, 0.2) is 6.23 Å². The lowest BCUT2D eigenvalue weighted by molar-refractivity contribution is -0.185. The highest BCUT2D eigenvalue weighted by Gasteiger charge is 2.36. The van der Waals surface area contributed by atoms with Crippen LogP contribution in [0.1, 0.15) is 79.5 Å². The van der Waals surface area contributed by atoms with Gasteiger partial charge in [-0.1, -0.05) is 26.0 Å². The zero-order valence-corrected chi connectivity index (χ0v) is 28.6. The van der Waals surface area contributed by atoms with Gasteiger partial charge in [0, 0.05) is 5.69 Å². The van der Waals surface area contributed by atoms with Crippen molar-refractivity contribution in [3.05, 3.63) is 58.0 Å². The maximum atomic E-state index is 13.8. The van der Waals surface area contributed by atoms with E-state index >= 15 is 0 Å². The van der Waals surface area contributed by atoms with Crippen LogP contribution in [0.15, 0.2) is 46.1 Å². The Labute approximate surface area is 269 Å². The fourth-order valence-corrected chi connectivity index (χ4v) is 5.16. The van der Waals surface area contributed by atoms with Gasteiger partial charge in [-0.25, -0.2) is 27.7 Å². The quantitative estimate of drug-likeness (QED) is 0.150. The summed E-state index contributed by atoms with van der Waals surface area (Å²) in [6.07, 6.45) is -3.98. The second-order valence-corrected chi connectivity index (χ2v) is 14.4. The van der Waals surface area contributed by atoms with Crippen molar-refractivity contribution in [1.82, 2.24) is 14.5 Å². The number of nitrogens with zero attached hydrogens (tertiary/aromatic N) is 3. The van der Waals surface area contributed by atoms with E-state index in [1.54, 1.807) is 74.4 Å². The van der Waals surface area contributed by atoms with Gasteiger partial charge in [0.05, 0.1) is 4.90 Å². The first-order chi connectivity index (χ1) is 20.9. The van der Waals surface area contributed by atoms with Crippen molar-refractivity contribution in [3.63, 3.8) is 0 Å². The number of anilines is 1. The monoisotopic (exact) mass is 664 g/mol. The van der Waals surface area contributed by atoms with Crippen LogP contribution in [0.4, 0.5) is 15.3 Å². The number of nitrogens with two attached hydrogens (primary N) is 1. The van der Waals surface area contributed by atoms with Crippen molar-refractivity contribution in [3.8, 4) is 0 Å². The van der Waals surface area contributed by atoms with Crippen LogP contribution in [0.25, 0.3) is 0 Å². The average molecular weight is 665 g/mol. The van der Waals surface area contributed by atoms with Crippen molar-refractivity contribution < 1.29 is 37.1 Å². The molecule has 0 radical (unpaired) electrons. The minimum Gasteiger partial charge on any atom is -0.443 e. The molecule has 1 unspecified atom stereocenters. The van der Waals surface area contributed by atoms with Gasteiger partial charge < -0.3 is 19.8 Å². The molecule has 0 aliphatic carbocycles. The molecule has 0 saturated heterocycles. The van der Waals surface area contributed by atoms with E-state index in [2.05, 4.69) is 4.72 Å². The van der Waals surface area contributed by atoms with Gasteiger partial charge in [-0.2, -0.15) is 0 Å². The molecule has 0 spiro atoms. The molecular weight excluding hydrogens is 620 g/mol. The van der Waals surface area contributed by atoms with Gasteiger partial charge in [-0.05, 0) is 91.1 Å². The lowest BCUT2D eigenvalue weighted by Crippen LogP contribution is -2.53. The highest BCUT2D eigenvalue weighted by Crippen LogP contribution is 2.21. The number of imide groups is 1. The summed E-state index contributed by atoms with van der Waals surface area (Å²) >= 11 is 0. The summed E-state index contributed by atoms with van der Waals surface area (Å²) in [5, 5.41) is 8.06. The first-order valence-electron chi connectivity index (χ1n) is 14.4. The first-order valence-corrected chi connectivity index (χ1v) is 15.8. The third kappa shape index (κ3) is 10.3. The van der Waals surface area contributed by atoms with Crippen molar-refractivity contribution in [2.75, 3.05) is 4.72 Å². The summed E-state index contributed by atoms with van der Waals surface area (Å²) in [4.78, 5) is 59.5. The van der Waals surface area contributed by atoms with Crippen molar-refractivity contribution in [1.29, 1.82) is 5.41 Å². The number of pyridine rings is 1. The van der Waals surface area contributed by atoms with Crippen molar-refractivity contribution in [2.45, 2.75) is 104 Å². The van der Waals surface area contributed by atoms with Crippen LogP contribution in [-0.4, -0.2) is 64.4 Å². The Kier molecular flexibility index (Phi) is 11.8. The number of carbonyl (C=O) groups excluding carboxylic acids is 3. The van der Waals surface area contributed by atoms with Crippen LogP contribution in [-0.2, 0) is 35.7 Å². The van der Waals surface area contributed by atoms with Gasteiger partial charge in [0.1, 0.15) is 23.4 Å². The highest BCUT2D eigenvalue weighted by atomic mass is 32.2. The van der Waals surface area contributed by atoms with Crippen molar-refractivity contribution >= 4 is 39.8 Å². The van der Waals surface area contributed by atoms with Gasteiger partial charge in [0.25, 0.3) is 21.5 Å². The number of nitrogens with one attached hydrogen (secondary N) is 2. The number of aryl methyl sites for hydroxylation is 1. The molecule has 1 atom stereocenters. The Bertz CT molecular complexity index is 1640. The zero-order valence-electron chi connectivity index (χ0n) is 27.8. The summed E-state index contributed by atoms with van der Waals surface area (Å²) in [6.45, 7) is 15.1. The predicted octanol–water partition coefficient (Wildman–Crippen LogP) is 4.25. The molecule has 1 heterocycles. The maximum absolute atomic E-state index is 13.8. The summed E-state index contributed by atoms with van der Waals surface area (Å²) in [5.74, 6) is -2.23. The number of guanidine groups is 1. The lowest BCUT2D eigenvalue weighted by Gasteiger charge is -2.33. The number of hydrogen-bond donors (Lipinski definition) is 3. The largest absolute Gasteiger partial charge is 0.443 e. The smallest absolute Gasteiger partial charge is 0.442 e. The molecule has 0 saturated carbocycles.